The van der Waals surface area contributed by atoms with Gasteiger partial charge in [0.25, 0.3) is 0 Å². The Hall–Kier alpha value is -1.35. The molecule has 1 aromatic rings. The molecule has 0 heterocycles. The summed E-state index contributed by atoms with van der Waals surface area (Å²) in [5.41, 5.74) is -1.04. The number of Topliss-reactive ketones (excluding diaryl/α,β-unsaturated/α-hetero) is 1. The van der Waals surface area contributed by atoms with E-state index in [9.17, 15) is 15.0 Å². The molecule has 0 amide bonds. The first-order chi connectivity index (χ1) is 7.63. The van der Waals surface area contributed by atoms with E-state index >= 15 is 0 Å². The van der Waals surface area contributed by atoms with Crippen LogP contribution in [-0.2, 0) is 0 Å². The van der Waals surface area contributed by atoms with Crippen LogP contribution in [-0.4, -0.2) is 21.6 Å². The molecule has 0 spiro atoms. The van der Waals surface area contributed by atoms with Gasteiger partial charge in [-0.3, -0.25) is 4.79 Å². The summed E-state index contributed by atoms with van der Waals surface area (Å²) in [5.74, 6) is -0.392. The zero-order valence-corrected chi connectivity index (χ0v) is 9.15. The van der Waals surface area contributed by atoms with E-state index in [-0.39, 0.29) is 17.1 Å². The molecule has 1 aliphatic carbocycles. The van der Waals surface area contributed by atoms with Crippen molar-refractivity contribution >= 4 is 5.78 Å². The van der Waals surface area contributed by atoms with Crippen molar-refractivity contribution in [3.8, 4) is 5.75 Å². The van der Waals surface area contributed by atoms with Gasteiger partial charge in [0.05, 0.1) is 5.56 Å². The van der Waals surface area contributed by atoms with Crippen LogP contribution in [0, 0.1) is 0 Å². The number of para-hydroxylation sites is 1. The minimum Gasteiger partial charge on any atom is -0.507 e. The number of phenolic OH excluding ortho intramolecular Hbond substituents is 1. The molecular formula is C13H16O3. The van der Waals surface area contributed by atoms with Gasteiger partial charge in [0.1, 0.15) is 11.4 Å². The van der Waals surface area contributed by atoms with E-state index in [1.54, 1.807) is 18.2 Å². The molecule has 0 aromatic heterocycles. The first kappa shape index (κ1) is 11.1. The number of aromatic hydroxyl groups is 1. The summed E-state index contributed by atoms with van der Waals surface area (Å²) in [7, 11) is 0. The van der Waals surface area contributed by atoms with Gasteiger partial charge in [-0.2, -0.15) is 0 Å². The Balaban J connectivity index is 2.28. The zero-order valence-electron chi connectivity index (χ0n) is 9.15. The molecule has 86 valence electrons. The number of rotatable bonds is 2. The average molecular weight is 220 g/mol. The molecule has 0 bridgehead atoms. The first-order valence-corrected chi connectivity index (χ1v) is 5.69. The minimum atomic E-state index is -1.27. The van der Waals surface area contributed by atoms with Gasteiger partial charge in [-0.05, 0) is 25.0 Å². The third kappa shape index (κ3) is 1.95. The molecule has 3 nitrogen and oxygen atoms in total. The molecule has 0 radical (unpaired) electrons. The third-order valence-electron chi connectivity index (χ3n) is 3.25. The lowest BCUT2D eigenvalue weighted by Crippen LogP contribution is -2.40. The molecule has 0 atom stereocenters. The lowest BCUT2D eigenvalue weighted by atomic mass is 9.79. The predicted octanol–water partition coefficient (Wildman–Crippen LogP) is 2.27. The maximum atomic E-state index is 12.1. The topological polar surface area (TPSA) is 57.5 Å². The molecule has 2 rings (SSSR count). The van der Waals surface area contributed by atoms with Gasteiger partial charge >= 0.3 is 0 Å². The average Bonchev–Trinajstić information content (AvgIpc) is 2.30. The van der Waals surface area contributed by atoms with Crippen LogP contribution in [0.1, 0.15) is 42.5 Å². The number of hydrogen-bond acceptors (Lipinski definition) is 3. The van der Waals surface area contributed by atoms with Gasteiger partial charge in [-0.15, -0.1) is 0 Å². The second-order valence-corrected chi connectivity index (χ2v) is 4.44. The summed E-state index contributed by atoms with van der Waals surface area (Å²) in [4.78, 5) is 12.1. The maximum Gasteiger partial charge on any atom is 0.198 e. The van der Waals surface area contributed by atoms with Gasteiger partial charge in [0, 0.05) is 0 Å². The second kappa shape index (κ2) is 4.26. The largest absolute Gasteiger partial charge is 0.507 e. The SMILES string of the molecule is O=C(c1ccccc1O)C1(O)CCCCC1. The van der Waals surface area contributed by atoms with Gasteiger partial charge in [-0.25, -0.2) is 0 Å². The summed E-state index contributed by atoms with van der Waals surface area (Å²) >= 11 is 0. The van der Waals surface area contributed by atoms with E-state index in [4.69, 9.17) is 0 Å². The fourth-order valence-electron chi connectivity index (χ4n) is 2.28. The molecule has 1 aromatic carbocycles. The van der Waals surface area contributed by atoms with Gasteiger partial charge in [-0.1, -0.05) is 31.4 Å². The molecule has 0 unspecified atom stereocenters. The van der Waals surface area contributed by atoms with E-state index < -0.39 is 5.60 Å². The van der Waals surface area contributed by atoms with Gasteiger partial charge in [0.2, 0.25) is 0 Å². The summed E-state index contributed by atoms with van der Waals surface area (Å²) in [6.07, 6.45) is 3.81. The molecule has 3 heteroatoms. The third-order valence-corrected chi connectivity index (χ3v) is 3.25. The Bertz CT molecular complexity index is 392. The molecule has 1 fully saturated rings. The molecule has 16 heavy (non-hydrogen) atoms. The number of hydrogen-bond donors (Lipinski definition) is 2. The lowest BCUT2D eigenvalue weighted by molar-refractivity contribution is 0.0114. The fourth-order valence-corrected chi connectivity index (χ4v) is 2.28. The van der Waals surface area contributed by atoms with Crippen molar-refractivity contribution in [2.75, 3.05) is 0 Å². The zero-order chi connectivity index (χ0) is 11.6. The van der Waals surface area contributed by atoms with Crippen LogP contribution in [0.15, 0.2) is 24.3 Å². The molecule has 0 saturated heterocycles. The highest BCUT2D eigenvalue weighted by molar-refractivity contribution is 6.04. The number of phenols is 1. The smallest absolute Gasteiger partial charge is 0.198 e. The molecular weight excluding hydrogens is 204 g/mol. The quantitative estimate of drug-likeness (QED) is 0.752. The van der Waals surface area contributed by atoms with Crippen molar-refractivity contribution in [3.63, 3.8) is 0 Å². The molecule has 0 aliphatic heterocycles. The second-order valence-electron chi connectivity index (χ2n) is 4.44. The monoisotopic (exact) mass is 220 g/mol. The minimum absolute atomic E-state index is 0.0495. The predicted molar refractivity (Wildman–Crippen MR) is 60.5 cm³/mol. The van der Waals surface area contributed by atoms with E-state index in [0.29, 0.717) is 12.8 Å². The number of ketones is 1. The van der Waals surface area contributed by atoms with Crippen LogP contribution in [0.5, 0.6) is 5.75 Å². The highest BCUT2D eigenvalue weighted by Gasteiger charge is 2.38. The van der Waals surface area contributed by atoms with Gasteiger partial charge < -0.3 is 10.2 Å². The Labute approximate surface area is 94.7 Å². The van der Waals surface area contributed by atoms with Crippen molar-refractivity contribution in [1.82, 2.24) is 0 Å². The van der Waals surface area contributed by atoms with Crippen molar-refractivity contribution in [3.05, 3.63) is 29.8 Å². The summed E-state index contributed by atoms with van der Waals surface area (Å²) in [6, 6.07) is 6.39. The van der Waals surface area contributed by atoms with Crippen LogP contribution in [0.2, 0.25) is 0 Å². The first-order valence-electron chi connectivity index (χ1n) is 5.69. The van der Waals surface area contributed by atoms with Crippen molar-refractivity contribution in [2.45, 2.75) is 37.7 Å². The number of carbonyl (C=O) groups excluding carboxylic acids is 1. The van der Waals surface area contributed by atoms with E-state index in [1.165, 1.54) is 6.07 Å². The highest BCUT2D eigenvalue weighted by atomic mass is 16.3. The Morgan fingerprint density at radius 1 is 1.12 bits per heavy atom. The molecule has 1 aliphatic rings. The van der Waals surface area contributed by atoms with Crippen LogP contribution in [0.25, 0.3) is 0 Å². The van der Waals surface area contributed by atoms with E-state index in [0.717, 1.165) is 19.3 Å². The Morgan fingerprint density at radius 3 is 2.38 bits per heavy atom. The number of aliphatic hydroxyl groups is 1. The Morgan fingerprint density at radius 2 is 1.75 bits per heavy atom. The van der Waals surface area contributed by atoms with Crippen LogP contribution in [0.3, 0.4) is 0 Å². The van der Waals surface area contributed by atoms with Crippen LogP contribution in [0.4, 0.5) is 0 Å². The van der Waals surface area contributed by atoms with Crippen LogP contribution >= 0.6 is 0 Å². The van der Waals surface area contributed by atoms with E-state index in [1.807, 2.05) is 0 Å². The number of carbonyl (C=O) groups is 1. The van der Waals surface area contributed by atoms with Crippen molar-refractivity contribution < 1.29 is 15.0 Å². The van der Waals surface area contributed by atoms with Gasteiger partial charge in [0.15, 0.2) is 5.78 Å². The normalized spacial score (nSPS) is 19.3. The highest BCUT2D eigenvalue weighted by Crippen LogP contribution is 2.33. The summed E-state index contributed by atoms with van der Waals surface area (Å²) in [6.45, 7) is 0. The standard InChI is InChI=1S/C13H16O3/c14-11-7-3-2-6-10(11)12(15)13(16)8-4-1-5-9-13/h2-3,6-7,14,16H,1,4-5,8-9H2. The van der Waals surface area contributed by atoms with E-state index in [2.05, 4.69) is 0 Å². The summed E-state index contributed by atoms with van der Waals surface area (Å²) < 4.78 is 0. The Kier molecular flexibility index (Phi) is 2.97. The lowest BCUT2D eigenvalue weighted by Gasteiger charge is -2.30. The van der Waals surface area contributed by atoms with Crippen LogP contribution < -0.4 is 0 Å². The summed E-state index contributed by atoms with van der Waals surface area (Å²) in [5, 5.41) is 19.9. The molecule has 2 N–H and O–H groups in total. The van der Waals surface area contributed by atoms with Crippen molar-refractivity contribution in [2.24, 2.45) is 0 Å². The van der Waals surface area contributed by atoms with Crippen molar-refractivity contribution in [1.29, 1.82) is 0 Å². The maximum absolute atomic E-state index is 12.1. The fraction of sp³-hybridized carbons (Fsp3) is 0.462. The molecule has 1 saturated carbocycles. The number of benzene rings is 1.